The standard InChI is InChI=1S/C18H28N4O4S2/c23-16(24)9(3-1-5-12-14-10(7-27-12)19-17(25)21-14)4-2-6-13-15-11(8-28-13)20-18(26)22-15/h9-15H,1-8H2,(H,23,24)(H2,19,21,25)(H2,20,22,26)/t9?,10-,11+,12-,13-,14-,15+/m0/s1. The molecule has 1 unspecified atom stereocenters. The largest absolute Gasteiger partial charge is 0.481 e. The second kappa shape index (κ2) is 8.61. The molecular weight excluding hydrogens is 400 g/mol. The van der Waals surface area contributed by atoms with Gasteiger partial charge in [-0.15, -0.1) is 0 Å². The van der Waals surface area contributed by atoms with Crippen LogP contribution in [0.2, 0.25) is 0 Å². The Kier molecular flexibility index (Phi) is 6.15. The molecule has 0 aromatic rings. The van der Waals surface area contributed by atoms with Gasteiger partial charge in [0.25, 0.3) is 0 Å². The van der Waals surface area contributed by atoms with Crippen molar-refractivity contribution in [1.82, 2.24) is 21.3 Å². The lowest BCUT2D eigenvalue weighted by Gasteiger charge is -2.19. The molecule has 4 saturated heterocycles. The molecule has 4 rings (SSSR count). The number of carbonyl (C=O) groups excluding carboxylic acids is 2. The van der Waals surface area contributed by atoms with Gasteiger partial charge in [0.05, 0.1) is 30.1 Å². The molecule has 156 valence electrons. The summed E-state index contributed by atoms with van der Waals surface area (Å²) in [4.78, 5) is 34.6. The molecule has 0 saturated carbocycles. The van der Waals surface area contributed by atoms with Crippen molar-refractivity contribution in [3.05, 3.63) is 0 Å². The molecule has 0 aromatic carbocycles. The number of rotatable bonds is 9. The first-order valence-electron chi connectivity index (χ1n) is 10.1. The van der Waals surface area contributed by atoms with E-state index >= 15 is 0 Å². The van der Waals surface area contributed by atoms with Gasteiger partial charge >= 0.3 is 18.0 Å². The fourth-order valence-electron chi connectivity index (χ4n) is 4.81. The summed E-state index contributed by atoms with van der Waals surface area (Å²) in [6, 6.07) is 0.646. The molecule has 4 aliphatic rings. The van der Waals surface area contributed by atoms with E-state index in [-0.39, 0.29) is 42.1 Å². The molecule has 4 aliphatic heterocycles. The van der Waals surface area contributed by atoms with Crippen molar-refractivity contribution in [2.24, 2.45) is 5.92 Å². The van der Waals surface area contributed by atoms with E-state index in [0.717, 1.165) is 37.2 Å². The molecule has 4 fully saturated rings. The van der Waals surface area contributed by atoms with Gasteiger partial charge in [0.1, 0.15) is 0 Å². The zero-order valence-electron chi connectivity index (χ0n) is 15.7. The van der Waals surface area contributed by atoms with E-state index in [9.17, 15) is 19.5 Å². The predicted octanol–water partition coefficient (Wildman–Crippen LogP) is 1.36. The highest BCUT2D eigenvalue weighted by atomic mass is 32.2. The van der Waals surface area contributed by atoms with Crippen LogP contribution in [0.15, 0.2) is 0 Å². The summed E-state index contributed by atoms with van der Waals surface area (Å²) < 4.78 is 0. The molecule has 4 amide bonds. The molecule has 10 heteroatoms. The summed E-state index contributed by atoms with van der Waals surface area (Å²) in [6.07, 6.45) is 5.00. The Balaban J connectivity index is 1.17. The lowest BCUT2D eigenvalue weighted by atomic mass is 9.93. The maximum atomic E-state index is 11.7. The van der Waals surface area contributed by atoms with Crippen LogP contribution in [0, 0.1) is 5.92 Å². The van der Waals surface area contributed by atoms with Gasteiger partial charge in [0.15, 0.2) is 0 Å². The summed E-state index contributed by atoms with van der Waals surface area (Å²) in [5, 5.41) is 22.2. The zero-order chi connectivity index (χ0) is 19.7. The van der Waals surface area contributed by atoms with Crippen molar-refractivity contribution in [3.63, 3.8) is 0 Å². The van der Waals surface area contributed by atoms with Crippen LogP contribution in [-0.4, -0.2) is 69.3 Å². The van der Waals surface area contributed by atoms with Gasteiger partial charge in [-0.05, 0) is 25.7 Å². The van der Waals surface area contributed by atoms with E-state index in [1.54, 1.807) is 0 Å². The molecule has 0 spiro atoms. The number of urea groups is 2. The summed E-state index contributed by atoms with van der Waals surface area (Å²) in [6.45, 7) is 0. The molecule has 0 aliphatic carbocycles. The molecular formula is C18H28N4O4S2. The fraction of sp³-hybridized carbons (Fsp3) is 0.833. The van der Waals surface area contributed by atoms with Gasteiger partial charge in [0, 0.05) is 22.0 Å². The number of aliphatic carboxylic acids is 1. The fourth-order valence-corrected chi connectivity index (χ4v) is 7.90. The SMILES string of the molecule is O=C1N[C@H]2[C@H](CS[C@H]2CCCC(CCC[C@@H]2SC[C@H]3NC(=O)N[C@@H]23)C(=O)O)N1. The van der Waals surface area contributed by atoms with E-state index in [4.69, 9.17) is 0 Å². The quantitative estimate of drug-likeness (QED) is 0.354. The molecule has 8 nitrogen and oxygen atoms in total. The topological polar surface area (TPSA) is 120 Å². The van der Waals surface area contributed by atoms with Crippen molar-refractivity contribution in [2.45, 2.75) is 73.2 Å². The number of amides is 4. The first-order chi connectivity index (χ1) is 13.5. The Morgan fingerprint density at radius 3 is 1.79 bits per heavy atom. The Hall–Kier alpha value is -1.29. The van der Waals surface area contributed by atoms with Crippen molar-refractivity contribution in [2.75, 3.05) is 11.5 Å². The van der Waals surface area contributed by atoms with Crippen molar-refractivity contribution >= 4 is 41.6 Å². The van der Waals surface area contributed by atoms with E-state index in [1.165, 1.54) is 0 Å². The van der Waals surface area contributed by atoms with Crippen LogP contribution in [0.25, 0.3) is 0 Å². The van der Waals surface area contributed by atoms with Crippen LogP contribution in [0.3, 0.4) is 0 Å². The van der Waals surface area contributed by atoms with E-state index in [1.807, 2.05) is 23.5 Å². The maximum absolute atomic E-state index is 11.7. The molecule has 5 N–H and O–H groups in total. The summed E-state index contributed by atoms with van der Waals surface area (Å²) in [7, 11) is 0. The Labute approximate surface area is 173 Å². The summed E-state index contributed by atoms with van der Waals surface area (Å²) in [5.41, 5.74) is 0. The molecule has 0 radical (unpaired) electrons. The van der Waals surface area contributed by atoms with Crippen LogP contribution in [0.5, 0.6) is 0 Å². The lowest BCUT2D eigenvalue weighted by Crippen LogP contribution is -2.37. The normalized spacial score (nSPS) is 36.9. The van der Waals surface area contributed by atoms with Gasteiger partial charge in [-0.25, -0.2) is 9.59 Å². The minimum Gasteiger partial charge on any atom is -0.481 e. The summed E-state index contributed by atoms with van der Waals surface area (Å²) >= 11 is 3.74. The minimum absolute atomic E-state index is 0.0793. The highest BCUT2D eigenvalue weighted by molar-refractivity contribution is 8.00. The molecule has 0 aromatic heterocycles. The van der Waals surface area contributed by atoms with E-state index in [0.29, 0.717) is 23.3 Å². The van der Waals surface area contributed by atoms with Crippen LogP contribution in [0.4, 0.5) is 9.59 Å². The summed E-state index contributed by atoms with van der Waals surface area (Å²) in [5.74, 6) is 0.851. The monoisotopic (exact) mass is 428 g/mol. The van der Waals surface area contributed by atoms with Gasteiger partial charge in [-0.3, -0.25) is 4.79 Å². The van der Waals surface area contributed by atoms with Crippen LogP contribution >= 0.6 is 23.5 Å². The highest BCUT2D eigenvalue weighted by Gasteiger charge is 2.43. The highest BCUT2D eigenvalue weighted by Crippen LogP contribution is 2.35. The smallest absolute Gasteiger partial charge is 0.315 e. The van der Waals surface area contributed by atoms with Crippen molar-refractivity contribution < 1.29 is 19.5 Å². The van der Waals surface area contributed by atoms with Crippen LogP contribution in [0.1, 0.15) is 38.5 Å². The number of hydrogen-bond acceptors (Lipinski definition) is 5. The van der Waals surface area contributed by atoms with Gasteiger partial charge < -0.3 is 26.4 Å². The third-order valence-electron chi connectivity index (χ3n) is 6.31. The van der Waals surface area contributed by atoms with Crippen LogP contribution < -0.4 is 21.3 Å². The molecule has 28 heavy (non-hydrogen) atoms. The third kappa shape index (κ3) is 4.32. The van der Waals surface area contributed by atoms with E-state index < -0.39 is 5.97 Å². The van der Waals surface area contributed by atoms with Gasteiger partial charge in [0.2, 0.25) is 0 Å². The Morgan fingerprint density at radius 1 is 0.893 bits per heavy atom. The number of fused-ring (bicyclic) bond motifs is 2. The van der Waals surface area contributed by atoms with Crippen molar-refractivity contribution in [1.29, 1.82) is 0 Å². The minimum atomic E-state index is -0.708. The Morgan fingerprint density at radius 2 is 1.36 bits per heavy atom. The third-order valence-corrected chi connectivity index (χ3v) is 9.33. The molecule has 7 atom stereocenters. The van der Waals surface area contributed by atoms with Crippen LogP contribution in [-0.2, 0) is 4.79 Å². The van der Waals surface area contributed by atoms with E-state index in [2.05, 4.69) is 21.3 Å². The average Bonchev–Trinajstić information content (AvgIpc) is 3.36. The number of carbonyl (C=O) groups is 3. The number of carboxylic acids is 1. The van der Waals surface area contributed by atoms with Gasteiger partial charge in [-0.1, -0.05) is 12.8 Å². The zero-order valence-corrected chi connectivity index (χ0v) is 17.3. The number of thioether (sulfide) groups is 2. The molecule has 0 bridgehead atoms. The second-order valence-corrected chi connectivity index (χ2v) is 10.7. The first-order valence-corrected chi connectivity index (χ1v) is 12.2. The maximum Gasteiger partial charge on any atom is 0.315 e. The number of nitrogens with one attached hydrogen (secondary N) is 4. The molecule has 4 heterocycles. The Bertz CT molecular complexity index is 591. The average molecular weight is 429 g/mol. The first kappa shape index (κ1) is 20.0. The number of hydrogen-bond donors (Lipinski definition) is 5. The van der Waals surface area contributed by atoms with Gasteiger partial charge in [-0.2, -0.15) is 23.5 Å². The predicted molar refractivity (Wildman–Crippen MR) is 110 cm³/mol. The lowest BCUT2D eigenvalue weighted by molar-refractivity contribution is -0.142. The van der Waals surface area contributed by atoms with Crippen molar-refractivity contribution in [3.8, 4) is 0 Å². The second-order valence-electron chi connectivity index (χ2n) is 8.14. The number of carboxylic acid groups (broad SMARTS) is 1.